The van der Waals surface area contributed by atoms with Crippen LogP contribution in [0.25, 0.3) is 0 Å². The molecule has 19 heavy (non-hydrogen) atoms. The molecule has 0 aliphatic carbocycles. The summed E-state index contributed by atoms with van der Waals surface area (Å²) in [6.07, 6.45) is -4.40. The van der Waals surface area contributed by atoms with Crippen molar-refractivity contribution >= 4 is 5.82 Å². The Bertz CT molecular complexity index is 655. The van der Waals surface area contributed by atoms with Gasteiger partial charge in [-0.3, -0.25) is 9.89 Å². The van der Waals surface area contributed by atoms with Gasteiger partial charge in [-0.05, 0) is 24.1 Å². The van der Waals surface area contributed by atoms with Crippen LogP contribution in [0.5, 0.6) is 0 Å². The minimum absolute atomic E-state index is 0.0133. The Morgan fingerprint density at radius 2 is 2.00 bits per heavy atom. The number of anilines is 1. The highest BCUT2D eigenvalue weighted by Gasteiger charge is 2.32. The number of nitrogens with zero attached hydrogens (tertiary/aromatic N) is 1. The van der Waals surface area contributed by atoms with E-state index in [2.05, 4.69) is 5.10 Å². The molecule has 0 saturated heterocycles. The standard InChI is InChI=1S/C12H12F3N3O/c1-7-2-3-8(4-9(7)12(13,14)15)6-18-11(19)5-10(16)17-18/h2-5,17H,6,16H2,1H3. The molecule has 0 fully saturated rings. The van der Waals surface area contributed by atoms with Crippen molar-refractivity contribution in [2.45, 2.75) is 19.6 Å². The van der Waals surface area contributed by atoms with E-state index in [1.165, 1.54) is 19.1 Å². The van der Waals surface area contributed by atoms with E-state index in [1.54, 1.807) is 6.07 Å². The van der Waals surface area contributed by atoms with E-state index < -0.39 is 11.7 Å². The van der Waals surface area contributed by atoms with Gasteiger partial charge in [-0.25, -0.2) is 4.68 Å². The topological polar surface area (TPSA) is 63.8 Å². The van der Waals surface area contributed by atoms with Crippen molar-refractivity contribution < 1.29 is 13.2 Å². The summed E-state index contributed by atoms with van der Waals surface area (Å²) in [6.45, 7) is 1.41. The Kier molecular flexibility index (Phi) is 3.13. The Hall–Kier alpha value is -2.18. The van der Waals surface area contributed by atoms with Crippen molar-refractivity contribution in [1.29, 1.82) is 0 Å². The predicted molar refractivity (Wildman–Crippen MR) is 64.7 cm³/mol. The zero-order valence-electron chi connectivity index (χ0n) is 10.1. The van der Waals surface area contributed by atoms with Crippen molar-refractivity contribution in [3.8, 4) is 0 Å². The molecule has 2 aromatic rings. The number of halogens is 3. The maximum atomic E-state index is 12.8. The molecule has 0 bridgehead atoms. The summed E-state index contributed by atoms with van der Waals surface area (Å²) < 4.78 is 39.4. The normalized spacial score (nSPS) is 11.8. The number of aromatic nitrogens is 2. The first-order valence-corrected chi connectivity index (χ1v) is 5.49. The monoisotopic (exact) mass is 271 g/mol. The predicted octanol–water partition coefficient (Wildman–Crippen LogP) is 2.13. The van der Waals surface area contributed by atoms with E-state index in [4.69, 9.17) is 5.73 Å². The Morgan fingerprint density at radius 1 is 1.32 bits per heavy atom. The number of alkyl halides is 3. The summed E-state index contributed by atoms with van der Waals surface area (Å²) in [5.74, 6) is 0.174. The SMILES string of the molecule is Cc1ccc(Cn2[nH]c(N)cc2=O)cc1C(F)(F)F. The zero-order chi connectivity index (χ0) is 14.2. The molecule has 0 saturated carbocycles. The van der Waals surface area contributed by atoms with Crippen LogP contribution < -0.4 is 11.3 Å². The number of rotatable bonds is 2. The first kappa shape index (κ1) is 13.3. The van der Waals surface area contributed by atoms with Crippen LogP contribution in [0.4, 0.5) is 19.0 Å². The second kappa shape index (κ2) is 4.49. The van der Waals surface area contributed by atoms with E-state index in [0.29, 0.717) is 5.56 Å². The van der Waals surface area contributed by atoms with Crippen LogP contribution in [-0.2, 0) is 12.7 Å². The summed E-state index contributed by atoms with van der Waals surface area (Å²) in [5.41, 5.74) is 4.85. The maximum Gasteiger partial charge on any atom is 0.416 e. The molecule has 1 aromatic carbocycles. The Morgan fingerprint density at radius 3 is 2.53 bits per heavy atom. The quantitative estimate of drug-likeness (QED) is 0.878. The van der Waals surface area contributed by atoms with Gasteiger partial charge in [0.15, 0.2) is 0 Å². The fraction of sp³-hybridized carbons (Fsp3) is 0.250. The van der Waals surface area contributed by atoms with Gasteiger partial charge in [0.2, 0.25) is 0 Å². The largest absolute Gasteiger partial charge is 0.416 e. The van der Waals surface area contributed by atoms with Crippen molar-refractivity contribution in [2.24, 2.45) is 0 Å². The van der Waals surface area contributed by atoms with Gasteiger partial charge >= 0.3 is 6.18 Å². The molecule has 0 spiro atoms. The third-order valence-electron chi connectivity index (χ3n) is 2.76. The minimum Gasteiger partial charge on any atom is -0.384 e. The van der Waals surface area contributed by atoms with Crippen LogP contribution in [0.2, 0.25) is 0 Å². The van der Waals surface area contributed by atoms with Gasteiger partial charge in [0, 0.05) is 6.07 Å². The number of nitrogens with two attached hydrogens (primary N) is 1. The lowest BCUT2D eigenvalue weighted by atomic mass is 10.0. The van der Waals surface area contributed by atoms with E-state index >= 15 is 0 Å². The summed E-state index contributed by atoms with van der Waals surface area (Å²) in [5, 5.41) is 2.57. The number of benzene rings is 1. The first-order chi connectivity index (χ1) is 8.77. The number of hydrogen-bond acceptors (Lipinski definition) is 2. The Balaban J connectivity index is 2.37. The van der Waals surface area contributed by atoms with Gasteiger partial charge < -0.3 is 5.73 Å². The van der Waals surface area contributed by atoms with Crippen molar-refractivity contribution in [3.63, 3.8) is 0 Å². The molecule has 0 atom stereocenters. The molecule has 1 aromatic heterocycles. The minimum atomic E-state index is -4.40. The van der Waals surface area contributed by atoms with Gasteiger partial charge in [0.05, 0.1) is 12.1 Å². The third-order valence-corrected chi connectivity index (χ3v) is 2.76. The number of aryl methyl sites for hydroxylation is 1. The third kappa shape index (κ3) is 2.81. The van der Waals surface area contributed by atoms with Gasteiger partial charge in [0.25, 0.3) is 5.56 Å². The average molecular weight is 271 g/mol. The molecular formula is C12H12F3N3O. The van der Waals surface area contributed by atoms with Gasteiger partial charge in [-0.15, -0.1) is 0 Å². The van der Waals surface area contributed by atoms with Crippen LogP contribution in [0.3, 0.4) is 0 Å². The number of nitrogen functional groups attached to an aromatic ring is 1. The van der Waals surface area contributed by atoms with Crippen LogP contribution in [0.1, 0.15) is 16.7 Å². The van der Waals surface area contributed by atoms with Crippen molar-refractivity contribution in [2.75, 3.05) is 5.73 Å². The van der Waals surface area contributed by atoms with E-state index in [9.17, 15) is 18.0 Å². The first-order valence-electron chi connectivity index (χ1n) is 5.49. The molecule has 2 rings (SSSR count). The van der Waals surface area contributed by atoms with Crippen LogP contribution in [-0.4, -0.2) is 9.78 Å². The molecule has 1 heterocycles. The molecular weight excluding hydrogens is 259 g/mol. The molecule has 0 radical (unpaired) electrons. The molecule has 7 heteroatoms. The zero-order valence-corrected chi connectivity index (χ0v) is 10.1. The highest BCUT2D eigenvalue weighted by Crippen LogP contribution is 2.32. The van der Waals surface area contributed by atoms with Crippen LogP contribution in [0.15, 0.2) is 29.1 Å². The Labute approximate surface area is 106 Å². The molecule has 3 N–H and O–H groups in total. The lowest BCUT2D eigenvalue weighted by molar-refractivity contribution is -0.138. The lowest BCUT2D eigenvalue weighted by Gasteiger charge is -2.12. The second-order valence-electron chi connectivity index (χ2n) is 4.28. The summed E-state index contributed by atoms with van der Waals surface area (Å²) in [6, 6.07) is 5.15. The molecule has 102 valence electrons. The molecule has 0 unspecified atom stereocenters. The van der Waals surface area contributed by atoms with Gasteiger partial charge in [-0.1, -0.05) is 12.1 Å². The summed E-state index contributed by atoms with van der Waals surface area (Å²) in [4.78, 5) is 11.4. The number of aromatic amines is 1. The average Bonchev–Trinajstić information content (AvgIpc) is 2.58. The van der Waals surface area contributed by atoms with Gasteiger partial charge in [-0.2, -0.15) is 13.2 Å². The fourth-order valence-electron chi connectivity index (χ4n) is 1.83. The van der Waals surface area contributed by atoms with E-state index in [0.717, 1.165) is 10.7 Å². The van der Waals surface area contributed by atoms with Crippen LogP contribution in [0, 0.1) is 6.92 Å². The smallest absolute Gasteiger partial charge is 0.384 e. The summed E-state index contributed by atoms with van der Waals surface area (Å²) >= 11 is 0. The highest BCUT2D eigenvalue weighted by atomic mass is 19.4. The van der Waals surface area contributed by atoms with Crippen molar-refractivity contribution in [3.05, 3.63) is 51.3 Å². The fourth-order valence-corrected chi connectivity index (χ4v) is 1.83. The summed E-state index contributed by atoms with van der Waals surface area (Å²) in [7, 11) is 0. The number of H-pyrrole nitrogens is 1. The lowest BCUT2D eigenvalue weighted by Crippen LogP contribution is -2.17. The maximum absolute atomic E-state index is 12.8. The molecule has 0 aliphatic rings. The molecule has 0 amide bonds. The van der Waals surface area contributed by atoms with E-state index in [-0.39, 0.29) is 23.5 Å². The number of nitrogens with one attached hydrogen (secondary N) is 1. The number of hydrogen-bond donors (Lipinski definition) is 2. The molecule has 0 aliphatic heterocycles. The van der Waals surface area contributed by atoms with E-state index in [1.807, 2.05) is 0 Å². The van der Waals surface area contributed by atoms with Crippen molar-refractivity contribution in [1.82, 2.24) is 9.78 Å². The van der Waals surface area contributed by atoms with Crippen LogP contribution >= 0.6 is 0 Å². The molecule has 4 nitrogen and oxygen atoms in total. The highest BCUT2D eigenvalue weighted by molar-refractivity contribution is 5.33. The second-order valence-corrected chi connectivity index (χ2v) is 4.28. The van der Waals surface area contributed by atoms with Gasteiger partial charge in [0.1, 0.15) is 5.82 Å².